The standard InChI is InChI=1S/C31H34N4O4/c1-31(2,3)23-13-11-21(12-14-23)28(36)33-26(30(37)38)17-19-7-9-20(10-8-19)27-34-29(39-35-27)25-6-4-5-22-18-32-16-15-24(22)25/h4-14,26,30,32,37-38H,15-18H2,1-3H3,(H,33,36)/t26-/m0/s1. The molecule has 0 spiro atoms. The van der Waals surface area contributed by atoms with E-state index >= 15 is 0 Å². The molecule has 0 unspecified atom stereocenters. The molecule has 202 valence electrons. The summed E-state index contributed by atoms with van der Waals surface area (Å²) in [5, 5.41) is 30.2. The topological polar surface area (TPSA) is 121 Å². The molecule has 2 heterocycles. The van der Waals surface area contributed by atoms with Gasteiger partial charge in [0.15, 0.2) is 6.29 Å². The summed E-state index contributed by atoms with van der Waals surface area (Å²) in [7, 11) is 0. The average Bonchev–Trinajstić information content (AvgIpc) is 3.42. The lowest BCUT2D eigenvalue weighted by atomic mass is 9.86. The third-order valence-corrected chi connectivity index (χ3v) is 7.15. The molecule has 0 aliphatic carbocycles. The van der Waals surface area contributed by atoms with Crippen molar-refractivity contribution in [1.29, 1.82) is 0 Å². The van der Waals surface area contributed by atoms with E-state index < -0.39 is 12.3 Å². The van der Waals surface area contributed by atoms with Crippen LogP contribution in [0.4, 0.5) is 0 Å². The van der Waals surface area contributed by atoms with Crippen molar-refractivity contribution in [1.82, 2.24) is 20.8 Å². The maximum absolute atomic E-state index is 12.8. The van der Waals surface area contributed by atoms with Gasteiger partial charge in [0.05, 0.1) is 6.04 Å². The number of hydrogen-bond acceptors (Lipinski definition) is 7. The van der Waals surface area contributed by atoms with Gasteiger partial charge < -0.3 is 25.4 Å². The first-order valence-electron chi connectivity index (χ1n) is 13.2. The molecule has 1 amide bonds. The Morgan fingerprint density at radius 2 is 1.79 bits per heavy atom. The van der Waals surface area contributed by atoms with Crippen LogP contribution in [-0.2, 0) is 24.8 Å². The minimum Gasteiger partial charge on any atom is -0.366 e. The van der Waals surface area contributed by atoms with Gasteiger partial charge in [-0.25, -0.2) is 0 Å². The number of nitrogens with one attached hydrogen (secondary N) is 2. The molecule has 0 saturated carbocycles. The number of aliphatic hydroxyl groups excluding tert-OH is 1. The molecule has 5 rings (SSSR count). The fourth-order valence-corrected chi connectivity index (χ4v) is 4.83. The van der Waals surface area contributed by atoms with Crippen molar-refractivity contribution in [3.05, 3.63) is 94.5 Å². The van der Waals surface area contributed by atoms with E-state index in [9.17, 15) is 15.0 Å². The highest BCUT2D eigenvalue weighted by Gasteiger charge is 2.22. The number of hydrogen-bond donors (Lipinski definition) is 4. The predicted molar refractivity (Wildman–Crippen MR) is 149 cm³/mol. The number of amides is 1. The molecule has 4 N–H and O–H groups in total. The molecule has 8 heteroatoms. The van der Waals surface area contributed by atoms with Crippen LogP contribution >= 0.6 is 0 Å². The fourth-order valence-electron chi connectivity index (χ4n) is 4.83. The van der Waals surface area contributed by atoms with E-state index in [1.807, 2.05) is 48.5 Å². The van der Waals surface area contributed by atoms with Gasteiger partial charge in [-0.1, -0.05) is 74.5 Å². The third kappa shape index (κ3) is 6.09. The van der Waals surface area contributed by atoms with Gasteiger partial charge in [0, 0.05) is 23.2 Å². The second kappa shape index (κ2) is 11.1. The number of rotatable bonds is 7. The lowest BCUT2D eigenvalue weighted by Gasteiger charge is -2.22. The lowest BCUT2D eigenvalue weighted by Crippen LogP contribution is -2.44. The van der Waals surface area contributed by atoms with Gasteiger partial charge in [0.2, 0.25) is 5.82 Å². The summed E-state index contributed by atoms with van der Waals surface area (Å²) in [6.45, 7) is 8.07. The number of aromatic nitrogens is 2. The SMILES string of the molecule is CC(C)(C)c1ccc(C(=O)N[C@@H](Cc2ccc(-c3noc(-c4cccc5c4CCNC5)n3)cc2)C(O)O)cc1. The minimum absolute atomic E-state index is 0.0211. The van der Waals surface area contributed by atoms with Crippen LogP contribution in [0.25, 0.3) is 22.8 Å². The largest absolute Gasteiger partial charge is 0.366 e. The second-order valence-corrected chi connectivity index (χ2v) is 11.0. The molecular formula is C31H34N4O4. The quantitative estimate of drug-likeness (QED) is 0.269. The summed E-state index contributed by atoms with van der Waals surface area (Å²) in [5.74, 6) is 0.617. The van der Waals surface area contributed by atoms with Crippen LogP contribution in [0.5, 0.6) is 0 Å². The number of nitrogens with zero attached hydrogens (tertiary/aromatic N) is 2. The van der Waals surface area contributed by atoms with Gasteiger partial charge in [-0.3, -0.25) is 4.79 Å². The maximum Gasteiger partial charge on any atom is 0.258 e. The Labute approximate surface area is 228 Å². The van der Waals surface area contributed by atoms with Crippen LogP contribution in [0.2, 0.25) is 0 Å². The first-order chi connectivity index (χ1) is 18.7. The Kier molecular flexibility index (Phi) is 7.61. The molecular weight excluding hydrogens is 492 g/mol. The normalized spacial score (nSPS) is 14.2. The molecule has 39 heavy (non-hydrogen) atoms. The van der Waals surface area contributed by atoms with Crippen LogP contribution < -0.4 is 10.6 Å². The van der Waals surface area contributed by atoms with Gasteiger partial charge in [0.25, 0.3) is 11.8 Å². The summed E-state index contributed by atoms with van der Waals surface area (Å²) in [6.07, 6.45) is -0.561. The Bertz CT molecular complexity index is 1440. The molecule has 0 fully saturated rings. The summed E-state index contributed by atoms with van der Waals surface area (Å²) < 4.78 is 5.61. The van der Waals surface area contributed by atoms with Gasteiger partial charge in [0.1, 0.15) is 0 Å². The molecule has 4 aromatic rings. The van der Waals surface area contributed by atoms with Gasteiger partial charge >= 0.3 is 0 Å². The van der Waals surface area contributed by atoms with Crippen molar-refractivity contribution in [2.24, 2.45) is 0 Å². The van der Waals surface area contributed by atoms with E-state index in [0.717, 1.165) is 41.8 Å². The fraction of sp³-hybridized carbons (Fsp3) is 0.323. The lowest BCUT2D eigenvalue weighted by molar-refractivity contribution is -0.0647. The molecule has 0 saturated heterocycles. The van der Waals surface area contributed by atoms with Crippen molar-refractivity contribution in [2.75, 3.05) is 6.54 Å². The number of fused-ring (bicyclic) bond motifs is 1. The highest BCUT2D eigenvalue weighted by molar-refractivity contribution is 5.94. The summed E-state index contributed by atoms with van der Waals surface area (Å²) in [4.78, 5) is 17.4. The van der Waals surface area contributed by atoms with Crippen molar-refractivity contribution in [3.8, 4) is 22.8 Å². The zero-order valence-corrected chi connectivity index (χ0v) is 22.4. The zero-order chi connectivity index (χ0) is 27.6. The molecule has 1 atom stereocenters. The summed E-state index contributed by atoms with van der Waals surface area (Å²) in [5.41, 5.74) is 6.62. The van der Waals surface area contributed by atoms with E-state index in [0.29, 0.717) is 17.3 Å². The van der Waals surface area contributed by atoms with Crippen LogP contribution in [0.3, 0.4) is 0 Å². The maximum atomic E-state index is 12.8. The van der Waals surface area contributed by atoms with Crippen LogP contribution in [0.1, 0.15) is 53.4 Å². The summed E-state index contributed by atoms with van der Waals surface area (Å²) >= 11 is 0. The third-order valence-electron chi connectivity index (χ3n) is 7.15. The monoisotopic (exact) mass is 526 g/mol. The molecule has 1 aliphatic heterocycles. The van der Waals surface area contributed by atoms with Crippen molar-refractivity contribution >= 4 is 5.91 Å². The van der Waals surface area contributed by atoms with E-state index in [2.05, 4.69) is 47.6 Å². The first kappa shape index (κ1) is 26.7. The predicted octanol–water partition coefficient (Wildman–Crippen LogP) is 4.00. The molecule has 8 nitrogen and oxygen atoms in total. The number of carbonyl (C=O) groups excluding carboxylic acids is 1. The highest BCUT2D eigenvalue weighted by Crippen LogP contribution is 2.29. The zero-order valence-electron chi connectivity index (χ0n) is 22.4. The minimum atomic E-state index is -1.71. The van der Waals surface area contributed by atoms with Crippen molar-refractivity contribution in [3.63, 3.8) is 0 Å². The molecule has 1 aromatic heterocycles. The molecule has 0 bridgehead atoms. The van der Waals surface area contributed by atoms with E-state index in [1.165, 1.54) is 11.1 Å². The number of aliphatic hydroxyl groups is 2. The Balaban J connectivity index is 1.26. The first-order valence-corrected chi connectivity index (χ1v) is 13.2. The van der Waals surface area contributed by atoms with Crippen LogP contribution in [0.15, 0.2) is 71.3 Å². The van der Waals surface area contributed by atoms with Crippen molar-refractivity contribution in [2.45, 2.75) is 57.9 Å². The highest BCUT2D eigenvalue weighted by atomic mass is 16.5. The summed E-state index contributed by atoms with van der Waals surface area (Å²) in [6, 6.07) is 20.1. The molecule has 0 radical (unpaired) electrons. The average molecular weight is 527 g/mol. The Morgan fingerprint density at radius 3 is 2.49 bits per heavy atom. The smallest absolute Gasteiger partial charge is 0.258 e. The second-order valence-electron chi connectivity index (χ2n) is 11.0. The molecule has 3 aromatic carbocycles. The Morgan fingerprint density at radius 1 is 1.05 bits per heavy atom. The van der Waals surface area contributed by atoms with Crippen LogP contribution in [0, 0.1) is 0 Å². The van der Waals surface area contributed by atoms with Crippen LogP contribution in [-0.4, -0.2) is 45.1 Å². The van der Waals surface area contributed by atoms with E-state index in [4.69, 9.17) is 4.52 Å². The molecule has 1 aliphatic rings. The van der Waals surface area contributed by atoms with Gasteiger partial charge in [-0.05, 0) is 65.3 Å². The number of carbonyl (C=O) groups is 1. The Hall–Kier alpha value is -3.85. The van der Waals surface area contributed by atoms with Crippen molar-refractivity contribution < 1.29 is 19.5 Å². The van der Waals surface area contributed by atoms with Gasteiger partial charge in [-0.15, -0.1) is 0 Å². The van der Waals surface area contributed by atoms with E-state index in [-0.39, 0.29) is 17.7 Å². The van der Waals surface area contributed by atoms with Gasteiger partial charge in [-0.2, -0.15) is 4.98 Å². The number of benzene rings is 3. The van der Waals surface area contributed by atoms with E-state index in [1.54, 1.807) is 12.1 Å².